The number of nitrogens with two attached hydrogens (primary N) is 1. The largest absolute Gasteiger partial charge is 0.352 e. The highest BCUT2D eigenvalue weighted by Crippen LogP contribution is 2.17. The lowest BCUT2D eigenvalue weighted by atomic mass is 10.1. The van der Waals surface area contributed by atoms with Crippen LogP contribution in [0.2, 0.25) is 0 Å². The molecule has 2 rings (SSSR count). The van der Waals surface area contributed by atoms with Crippen LogP contribution in [0.1, 0.15) is 24.8 Å². The van der Waals surface area contributed by atoms with E-state index in [2.05, 4.69) is 5.32 Å². The molecule has 2 atom stereocenters. The van der Waals surface area contributed by atoms with Gasteiger partial charge in [-0.05, 0) is 30.9 Å². The Kier molecular flexibility index (Phi) is 3.74. The van der Waals surface area contributed by atoms with Gasteiger partial charge in [0.2, 0.25) is 5.91 Å². The van der Waals surface area contributed by atoms with Gasteiger partial charge in [-0.2, -0.15) is 0 Å². The van der Waals surface area contributed by atoms with E-state index in [-0.39, 0.29) is 30.2 Å². The normalized spacial score (nSPS) is 23.6. The van der Waals surface area contributed by atoms with Crippen LogP contribution in [0.5, 0.6) is 0 Å². The fraction of sp³-hybridized carbons (Fsp3) is 0.462. The summed E-state index contributed by atoms with van der Waals surface area (Å²) in [4.78, 5) is 11.7. The van der Waals surface area contributed by atoms with E-state index in [1.54, 1.807) is 18.2 Å². The molecule has 1 aromatic rings. The van der Waals surface area contributed by atoms with E-state index < -0.39 is 0 Å². The van der Waals surface area contributed by atoms with Gasteiger partial charge in [-0.25, -0.2) is 4.39 Å². The minimum absolute atomic E-state index is 0.0413. The molecule has 3 nitrogen and oxygen atoms in total. The van der Waals surface area contributed by atoms with Crippen LogP contribution in [-0.4, -0.2) is 18.0 Å². The fourth-order valence-corrected chi connectivity index (χ4v) is 2.24. The van der Waals surface area contributed by atoms with E-state index in [0.717, 1.165) is 19.3 Å². The third kappa shape index (κ3) is 3.03. The highest BCUT2D eigenvalue weighted by atomic mass is 19.1. The first kappa shape index (κ1) is 12.0. The van der Waals surface area contributed by atoms with Crippen molar-refractivity contribution in [3.63, 3.8) is 0 Å². The van der Waals surface area contributed by atoms with Gasteiger partial charge in [-0.1, -0.05) is 18.2 Å². The number of carbonyl (C=O) groups is 1. The van der Waals surface area contributed by atoms with Crippen LogP contribution in [0.4, 0.5) is 4.39 Å². The zero-order chi connectivity index (χ0) is 12.3. The number of amides is 1. The first-order chi connectivity index (χ1) is 8.16. The zero-order valence-electron chi connectivity index (χ0n) is 9.66. The summed E-state index contributed by atoms with van der Waals surface area (Å²) in [6, 6.07) is 6.43. The molecule has 1 aliphatic rings. The van der Waals surface area contributed by atoms with E-state index in [1.165, 1.54) is 6.07 Å². The standard InChI is InChI=1S/C13H17FN2O/c14-10-5-2-1-4-9(10)8-13(17)16-12-7-3-6-11(12)15/h1-2,4-5,11-12H,3,6-8,15H2,(H,16,17). The van der Waals surface area contributed by atoms with Crippen LogP contribution in [0.15, 0.2) is 24.3 Å². The third-order valence-corrected chi connectivity index (χ3v) is 3.22. The van der Waals surface area contributed by atoms with E-state index in [4.69, 9.17) is 5.73 Å². The Morgan fingerprint density at radius 3 is 2.82 bits per heavy atom. The quantitative estimate of drug-likeness (QED) is 0.832. The molecule has 0 aromatic heterocycles. The molecular formula is C13H17FN2O. The molecular weight excluding hydrogens is 219 g/mol. The van der Waals surface area contributed by atoms with Gasteiger partial charge >= 0.3 is 0 Å². The number of rotatable bonds is 3. The first-order valence-corrected chi connectivity index (χ1v) is 5.95. The molecule has 17 heavy (non-hydrogen) atoms. The molecule has 4 heteroatoms. The zero-order valence-corrected chi connectivity index (χ0v) is 9.66. The summed E-state index contributed by atoms with van der Waals surface area (Å²) in [6.45, 7) is 0. The third-order valence-electron chi connectivity index (χ3n) is 3.22. The maximum Gasteiger partial charge on any atom is 0.224 e. The Labute approximate surface area is 100 Å². The van der Waals surface area contributed by atoms with Crippen molar-refractivity contribution in [3.05, 3.63) is 35.6 Å². The van der Waals surface area contributed by atoms with Crippen molar-refractivity contribution in [1.29, 1.82) is 0 Å². The summed E-state index contributed by atoms with van der Waals surface area (Å²) < 4.78 is 13.3. The van der Waals surface area contributed by atoms with Crippen molar-refractivity contribution in [2.24, 2.45) is 5.73 Å². The van der Waals surface area contributed by atoms with Gasteiger partial charge in [0.25, 0.3) is 0 Å². The van der Waals surface area contributed by atoms with Crippen molar-refractivity contribution in [1.82, 2.24) is 5.32 Å². The van der Waals surface area contributed by atoms with Gasteiger partial charge in [-0.15, -0.1) is 0 Å². The minimum atomic E-state index is -0.335. The van der Waals surface area contributed by atoms with Crippen molar-refractivity contribution in [3.8, 4) is 0 Å². The van der Waals surface area contributed by atoms with Crippen molar-refractivity contribution in [2.75, 3.05) is 0 Å². The molecule has 1 saturated carbocycles. The number of halogens is 1. The second-order valence-electron chi connectivity index (χ2n) is 4.54. The van der Waals surface area contributed by atoms with Crippen molar-refractivity contribution in [2.45, 2.75) is 37.8 Å². The number of carbonyl (C=O) groups excluding carboxylic acids is 1. The molecule has 0 bridgehead atoms. The minimum Gasteiger partial charge on any atom is -0.352 e. The Bertz CT molecular complexity index is 408. The Balaban J connectivity index is 1.91. The van der Waals surface area contributed by atoms with E-state index in [9.17, 15) is 9.18 Å². The van der Waals surface area contributed by atoms with Crippen LogP contribution in [0.25, 0.3) is 0 Å². The van der Waals surface area contributed by atoms with E-state index in [1.807, 2.05) is 0 Å². The van der Waals surface area contributed by atoms with Gasteiger partial charge in [0.15, 0.2) is 0 Å². The number of nitrogens with one attached hydrogen (secondary N) is 1. The molecule has 0 saturated heterocycles. The van der Waals surface area contributed by atoms with Crippen LogP contribution in [-0.2, 0) is 11.2 Å². The molecule has 1 aliphatic carbocycles. The molecule has 1 fully saturated rings. The van der Waals surface area contributed by atoms with Gasteiger partial charge in [0, 0.05) is 12.1 Å². The van der Waals surface area contributed by atoms with E-state index in [0.29, 0.717) is 5.56 Å². The molecule has 3 N–H and O–H groups in total. The number of hydrogen-bond acceptors (Lipinski definition) is 2. The maximum atomic E-state index is 13.3. The second-order valence-corrected chi connectivity index (χ2v) is 4.54. The molecule has 0 radical (unpaired) electrons. The molecule has 0 aliphatic heterocycles. The average molecular weight is 236 g/mol. The van der Waals surface area contributed by atoms with Crippen LogP contribution in [0.3, 0.4) is 0 Å². The summed E-state index contributed by atoms with van der Waals surface area (Å²) in [5.74, 6) is -0.490. The predicted molar refractivity (Wildman–Crippen MR) is 63.9 cm³/mol. The number of benzene rings is 1. The first-order valence-electron chi connectivity index (χ1n) is 5.95. The number of hydrogen-bond donors (Lipinski definition) is 2. The topological polar surface area (TPSA) is 55.1 Å². The Hall–Kier alpha value is -1.42. The predicted octanol–water partition coefficient (Wildman–Crippen LogP) is 1.36. The fourth-order valence-electron chi connectivity index (χ4n) is 2.24. The lowest BCUT2D eigenvalue weighted by Gasteiger charge is -2.17. The molecule has 1 amide bonds. The van der Waals surface area contributed by atoms with Crippen LogP contribution >= 0.6 is 0 Å². The van der Waals surface area contributed by atoms with E-state index >= 15 is 0 Å². The second kappa shape index (κ2) is 5.27. The monoisotopic (exact) mass is 236 g/mol. The summed E-state index contributed by atoms with van der Waals surface area (Å²) in [6.07, 6.45) is 3.00. The maximum absolute atomic E-state index is 13.3. The highest BCUT2D eigenvalue weighted by Gasteiger charge is 2.25. The molecule has 1 aromatic carbocycles. The Morgan fingerprint density at radius 2 is 2.18 bits per heavy atom. The van der Waals surface area contributed by atoms with Gasteiger partial charge in [0.05, 0.1) is 6.42 Å². The van der Waals surface area contributed by atoms with Crippen molar-refractivity contribution >= 4 is 5.91 Å². The van der Waals surface area contributed by atoms with Crippen LogP contribution < -0.4 is 11.1 Å². The van der Waals surface area contributed by atoms with Gasteiger partial charge < -0.3 is 11.1 Å². The Morgan fingerprint density at radius 1 is 1.41 bits per heavy atom. The smallest absolute Gasteiger partial charge is 0.224 e. The van der Waals surface area contributed by atoms with Gasteiger partial charge in [-0.3, -0.25) is 4.79 Å². The molecule has 92 valence electrons. The molecule has 0 spiro atoms. The highest BCUT2D eigenvalue weighted by molar-refractivity contribution is 5.79. The SMILES string of the molecule is NC1CCCC1NC(=O)Cc1ccccc1F. The summed E-state index contributed by atoms with van der Waals surface area (Å²) in [5, 5.41) is 2.87. The van der Waals surface area contributed by atoms with Gasteiger partial charge in [0.1, 0.15) is 5.82 Å². The summed E-state index contributed by atoms with van der Waals surface area (Å²) >= 11 is 0. The molecule has 2 unspecified atom stereocenters. The van der Waals surface area contributed by atoms with Crippen molar-refractivity contribution < 1.29 is 9.18 Å². The lowest BCUT2D eigenvalue weighted by molar-refractivity contribution is -0.121. The average Bonchev–Trinajstić information content (AvgIpc) is 2.68. The molecule has 0 heterocycles. The van der Waals surface area contributed by atoms with Crippen LogP contribution in [0, 0.1) is 5.82 Å². The lowest BCUT2D eigenvalue weighted by Crippen LogP contribution is -2.44. The summed E-state index contributed by atoms with van der Waals surface area (Å²) in [5.41, 5.74) is 6.29. The summed E-state index contributed by atoms with van der Waals surface area (Å²) in [7, 11) is 0.